The SMILES string of the molecule is CCN(C(=O)/C=C/c1cn(-c2ccccc2)nc1-c1cccs1)C1CCS(=O)(=O)C1. The second-order valence-corrected chi connectivity index (χ2v) is 10.4. The maximum Gasteiger partial charge on any atom is 0.246 e. The molecule has 1 atom stereocenters. The summed E-state index contributed by atoms with van der Waals surface area (Å²) in [7, 11) is -3.04. The molecule has 1 fully saturated rings. The topological polar surface area (TPSA) is 72.3 Å². The van der Waals surface area contributed by atoms with Crippen molar-refractivity contribution in [2.45, 2.75) is 19.4 Å². The average molecular weight is 442 g/mol. The lowest BCUT2D eigenvalue weighted by Crippen LogP contribution is -2.40. The fraction of sp³-hybridized carbons (Fsp3) is 0.273. The van der Waals surface area contributed by atoms with Crippen LogP contribution in [0.5, 0.6) is 0 Å². The first-order valence-electron chi connectivity index (χ1n) is 9.85. The summed E-state index contributed by atoms with van der Waals surface area (Å²) in [6.45, 7) is 2.35. The highest BCUT2D eigenvalue weighted by atomic mass is 32.2. The number of nitrogens with zero attached hydrogens (tertiary/aromatic N) is 3. The van der Waals surface area contributed by atoms with Gasteiger partial charge in [-0.25, -0.2) is 13.1 Å². The molecule has 0 N–H and O–H groups in total. The monoisotopic (exact) mass is 441 g/mol. The third-order valence-corrected chi connectivity index (χ3v) is 7.82. The van der Waals surface area contributed by atoms with Crippen LogP contribution in [0.2, 0.25) is 0 Å². The Bertz CT molecular complexity index is 1150. The van der Waals surface area contributed by atoms with Gasteiger partial charge in [0.25, 0.3) is 0 Å². The lowest BCUT2D eigenvalue weighted by Gasteiger charge is -2.25. The van der Waals surface area contributed by atoms with Crippen molar-refractivity contribution in [2.24, 2.45) is 0 Å². The van der Waals surface area contributed by atoms with E-state index in [0.717, 1.165) is 21.8 Å². The summed E-state index contributed by atoms with van der Waals surface area (Å²) >= 11 is 1.59. The number of carbonyl (C=O) groups excluding carboxylic acids is 1. The Morgan fingerprint density at radius 3 is 2.70 bits per heavy atom. The van der Waals surface area contributed by atoms with Crippen molar-refractivity contribution >= 4 is 33.2 Å². The minimum Gasteiger partial charge on any atom is -0.335 e. The first-order valence-corrected chi connectivity index (χ1v) is 12.5. The molecule has 4 rings (SSSR count). The van der Waals surface area contributed by atoms with Crippen LogP contribution in [0.3, 0.4) is 0 Å². The zero-order valence-electron chi connectivity index (χ0n) is 16.6. The molecular formula is C22H23N3O3S2. The number of para-hydroxylation sites is 1. The highest BCUT2D eigenvalue weighted by molar-refractivity contribution is 7.91. The van der Waals surface area contributed by atoms with E-state index in [0.29, 0.717) is 13.0 Å². The van der Waals surface area contributed by atoms with Crippen LogP contribution in [0.25, 0.3) is 22.3 Å². The van der Waals surface area contributed by atoms with E-state index in [4.69, 9.17) is 5.10 Å². The van der Waals surface area contributed by atoms with E-state index in [1.54, 1.807) is 27.0 Å². The van der Waals surface area contributed by atoms with Crippen LogP contribution in [0.15, 0.2) is 60.1 Å². The Hall–Kier alpha value is -2.71. The maximum atomic E-state index is 12.8. The van der Waals surface area contributed by atoms with Crippen LogP contribution in [0.1, 0.15) is 18.9 Å². The molecule has 0 spiro atoms. The third kappa shape index (κ3) is 4.39. The number of likely N-dealkylation sites (N-methyl/N-ethyl adjacent to an activating group) is 1. The smallest absolute Gasteiger partial charge is 0.246 e. The van der Waals surface area contributed by atoms with Crippen LogP contribution < -0.4 is 0 Å². The zero-order chi connectivity index (χ0) is 21.1. The molecule has 6 nitrogen and oxygen atoms in total. The second kappa shape index (κ2) is 8.57. The van der Waals surface area contributed by atoms with E-state index in [9.17, 15) is 13.2 Å². The van der Waals surface area contributed by atoms with Crippen molar-refractivity contribution in [2.75, 3.05) is 18.1 Å². The number of rotatable bonds is 6. The predicted molar refractivity (Wildman–Crippen MR) is 120 cm³/mol. The third-order valence-electron chi connectivity index (χ3n) is 5.20. The number of benzene rings is 1. The fourth-order valence-electron chi connectivity index (χ4n) is 3.70. The molecule has 1 amide bonds. The Balaban J connectivity index is 1.62. The summed E-state index contributed by atoms with van der Waals surface area (Å²) in [5, 5.41) is 6.73. The Morgan fingerprint density at radius 1 is 1.27 bits per heavy atom. The largest absolute Gasteiger partial charge is 0.335 e. The summed E-state index contributed by atoms with van der Waals surface area (Å²) in [6.07, 6.45) is 5.71. The van der Waals surface area contributed by atoms with Gasteiger partial charge in [0.1, 0.15) is 5.69 Å². The van der Waals surface area contributed by atoms with Gasteiger partial charge in [0.15, 0.2) is 9.84 Å². The predicted octanol–water partition coefficient (Wildman–Crippen LogP) is 3.65. The van der Waals surface area contributed by atoms with Crippen LogP contribution >= 0.6 is 11.3 Å². The minimum atomic E-state index is -3.04. The van der Waals surface area contributed by atoms with Gasteiger partial charge in [0, 0.05) is 30.4 Å². The van der Waals surface area contributed by atoms with Gasteiger partial charge < -0.3 is 4.90 Å². The van der Waals surface area contributed by atoms with E-state index in [1.165, 1.54) is 6.08 Å². The van der Waals surface area contributed by atoms with E-state index < -0.39 is 9.84 Å². The van der Waals surface area contributed by atoms with Crippen LogP contribution in [-0.4, -0.2) is 53.1 Å². The highest BCUT2D eigenvalue weighted by Gasteiger charge is 2.33. The Morgan fingerprint density at radius 2 is 2.07 bits per heavy atom. The van der Waals surface area contributed by atoms with Gasteiger partial charge in [-0.05, 0) is 43.0 Å². The summed E-state index contributed by atoms with van der Waals surface area (Å²) in [6, 6.07) is 13.5. The maximum absolute atomic E-state index is 12.8. The highest BCUT2D eigenvalue weighted by Crippen LogP contribution is 2.29. The number of sulfone groups is 1. The molecule has 30 heavy (non-hydrogen) atoms. The number of aromatic nitrogens is 2. The average Bonchev–Trinajstić information content (AvgIpc) is 3.47. The van der Waals surface area contributed by atoms with Crippen LogP contribution in [0, 0.1) is 0 Å². The molecule has 0 saturated carbocycles. The molecule has 1 aromatic carbocycles. The Labute approximate surface area is 180 Å². The van der Waals surface area contributed by atoms with E-state index >= 15 is 0 Å². The first-order chi connectivity index (χ1) is 14.5. The van der Waals surface area contributed by atoms with Crippen molar-refractivity contribution < 1.29 is 13.2 Å². The number of hydrogen-bond donors (Lipinski definition) is 0. The molecule has 1 saturated heterocycles. The number of amides is 1. The molecule has 3 aromatic rings. The van der Waals surface area contributed by atoms with E-state index in [1.807, 2.05) is 61.0 Å². The van der Waals surface area contributed by atoms with Crippen LogP contribution in [0.4, 0.5) is 0 Å². The van der Waals surface area contributed by atoms with Crippen molar-refractivity contribution in [3.8, 4) is 16.3 Å². The van der Waals surface area contributed by atoms with Crippen LogP contribution in [-0.2, 0) is 14.6 Å². The molecule has 1 aliphatic heterocycles. The van der Waals surface area contributed by atoms with Crippen molar-refractivity contribution in [1.82, 2.24) is 14.7 Å². The molecule has 156 valence electrons. The lowest BCUT2D eigenvalue weighted by molar-refractivity contribution is -0.127. The number of hydrogen-bond acceptors (Lipinski definition) is 5. The second-order valence-electron chi connectivity index (χ2n) is 7.20. The summed E-state index contributed by atoms with van der Waals surface area (Å²) in [5.74, 6) is 0.0221. The van der Waals surface area contributed by atoms with E-state index in [2.05, 4.69) is 0 Å². The van der Waals surface area contributed by atoms with Gasteiger partial charge in [-0.2, -0.15) is 5.10 Å². The lowest BCUT2D eigenvalue weighted by atomic mass is 10.2. The summed E-state index contributed by atoms with van der Waals surface area (Å²) in [5.41, 5.74) is 2.58. The van der Waals surface area contributed by atoms with Gasteiger partial charge in [0.2, 0.25) is 5.91 Å². The fourth-order valence-corrected chi connectivity index (χ4v) is 6.16. The minimum absolute atomic E-state index is 0.0484. The van der Waals surface area contributed by atoms with Gasteiger partial charge >= 0.3 is 0 Å². The normalized spacial score (nSPS) is 18.1. The Kier molecular flexibility index (Phi) is 5.87. The standard InChI is InChI=1S/C22H23N3O3S2/c1-2-24(19-12-14-30(27,28)16-19)21(26)11-10-17-15-25(18-7-4-3-5-8-18)23-22(17)20-9-6-13-29-20/h3-11,13,15,19H,2,12,14,16H2,1H3/b11-10+. The van der Waals surface area contributed by atoms with Crippen molar-refractivity contribution in [1.29, 1.82) is 0 Å². The molecule has 0 bridgehead atoms. The van der Waals surface area contributed by atoms with Gasteiger partial charge in [-0.3, -0.25) is 4.79 Å². The van der Waals surface area contributed by atoms with Crippen molar-refractivity contribution in [3.05, 3.63) is 65.7 Å². The molecular weight excluding hydrogens is 418 g/mol. The van der Waals surface area contributed by atoms with Crippen molar-refractivity contribution in [3.63, 3.8) is 0 Å². The number of thiophene rings is 1. The summed E-state index contributed by atoms with van der Waals surface area (Å²) < 4.78 is 25.4. The molecule has 1 aliphatic rings. The molecule has 1 unspecified atom stereocenters. The molecule has 0 radical (unpaired) electrons. The molecule has 3 heterocycles. The van der Waals surface area contributed by atoms with Gasteiger partial charge in [-0.15, -0.1) is 11.3 Å². The zero-order valence-corrected chi connectivity index (χ0v) is 18.3. The molecule has 0 aliphatic carbocycles. The van der Waals surface area contributed by atoms with E-state index in [-0.39, 0.29) is 23.5 Å². The molecule has 2 aromatic heterocycles. The quantitative estimate of drug-likeness (QED) is 0.548. The van der Waals surface area contributed by atoms with Gasteiger partial charge in [-0.1, -0.05) is 24.3 Å². The number of carbonyl (C=O) groups is 1. The summed E-state index contributed by atoms with van der Waals surface area (Å²) in [4.78, 5) is 15.5. The van der Waals surface area contributed by atoms with Gasteiger partial charge in [0.05, 0.1) is 22.1 Å². The first kappa shape index (κ1) is 20.6. The molecule has 8 heteroatoms.